The maximum Gasteiger partial charge on any atom is 0.360 e. The highest BCUT2D eigenvalue weighted by Crippen LogP contribution is 2.13. The van der Waals surface area contributed by atoms with E-state index in [1.54, 1.807) is 0 Å². The number of carbonyl (C=O) groups is 1. The van der Waals surface area contributed by atoms with Crippen molar-refractivity contribution in [1.29, 1.82) is 0 Å². The van der Waals surface area contributed by atoms with Crippen LogP contribution < -0.4 is 5.73 Å². The molecule has 0 fully saturated rings. The molecular formula is C14H15N3O3. The van der Waals surface area contributed by atoms with Crippen LogP contribution in [0.25, 0.3) is 0 Å². The van der Waals surface area contributed by atoms with Crippen molar-refractivity contribution in [3.63, 3.8) is 0 Å². The Labute approximate surface area is 116 Å². The van der Waals surface area contributed by atoms with Gasteiger partial charge in [-0.05, 0) is 11.1 Å². The smallest absolute Gasteiger partial charge is 0.360 e. The third kappa shape index (κ3) is 3.10. The van der Waals surface area contributed by atoms with Gasteiger partial charge >= 0.3 is 5.97 Å². The quantitative estimate of drug-likeness (QED) is 0.804. The lowest BCUT2D eigenvalue weighted by atomic mass is 10.1. The minimum absolute atomic E-state index is 0.0170. The Kier molecular flexibility index (Phi) is 4.27. The van der Waals surface area contributed by atoms with Crippen molar-refractivity contribution in [2.24, 2.45) is 0 Å². The molecule has 0 saturated heterocycles. The van der Waals surface area contributed by atoms with Crippen LogP contribution in [0.3, 0.4) is 0 Å². The van der Waals surface area contributed by atoms with Gasteiger partial charge in [-0.15, -0.1) is 0 Å². The van der Waals surface area contributed by atoms with E-state index in [9.17, 15) is 4.79 Å². The number of hydrogen-bond acceptors (Lipinski definition) is 6. The molecule has 0 saturated carbocycles. The van der Waals surface area contributed by atoms with Crippen molar-refractivity contribution in [2.45, 2.75) is 13.0 Å². The number of hydrogen-bond donors (Lipinski definition) is 2. The number of methoxy groups -OCH3 is 1. The second-order valence-electron chi connectivity index (χ2n) is 4.24. The number of aliphatic hydroxyl groups is 1. The molecule has 2 rings (SSSR count). The molecule has 104 valence electrons. The Bertz CT molecular complexity index is 629. The summed E-state index contributed by atoms with van der Waals surface area (Å²) in [7, 11) is 1.26. The highest BCUT2D eigenvalue weighted by molar-refractivity contribution is 5.91. The molecule has 0 spiro atoms. The Hall–Kier alpha value is -2.47. The molecule has 0 aliphatic carbocycles. The standard InChI is InChI=1S/C14H15N3O3/c1-20-14(19)12-13(15)16-7-11(17-12)6-9-3-2-4-10(5-9)8-18/h2-5,7,18H,6,8H2,1H3,(H2,15,16). The molecule has 0 unspecified atom stereocenters. The summed E-state index contributed by atoms with van der Waals surface area (Å²) in [6.45, 7) is -0.0192. The van der Waals surface area contributed by atoms with Crippen LogP contribution in [0.1, 0.15) is 27.3 Å². The van der Waals surface area contributed by atoms with Gasteiger partial charge in [0.15, 0.2) is 11.5 Å². The van der Waals surface area contributed by atoms with E-state index in [2.05, 4.69) is 14.7 Å². The topological polar surface area (TPSA) is 98.3 Å². The largest absolute Gasteiger partial charge is 0.464 e. The van der Waals surface area contributed by atoms with E-state index in [4.69, 9.17) is 10.8 Å². The molecule has 0 aliphatic heterocycles. The molecule has 1 aromatic heterocycles. The van der Waals surface area contributed by atoms with Crippen LogP contribution in [0.15, 0.2) is 30.5 Å². The molecule has 0 bridgehead atoms. The Morgan fingerprint density at radius 1 is 1.40 bits per heavy atom. The van der Waals surface area contributed by atoms with Gasteiger partial charge in [0, 0.05) is 6.42 Å². The van der Waals surface area contributed by atoms with E-state index < -0.39 is 5.97 Å². The summed E-state index contributed by atoms with van der Waals surface area (Å²) in [5.74, 6) is -0.564. The van der Waals surface area contributed by atoms with Crippen molar-refractivity contribution in [2.75, 3.05) is 12.8 Å². The monoisotopic (exact) mass is 273 g/mol. The van der Waals surface area contributed by atoms with E-state index in [0.717, 1.165) is 11.1 Å². The zero-order valence-corrected chi connectivity index (χ0v) is 11.0. The molecule has 20 heavy (non-hydrogen) atoms. The highest BCUT2D eigenvalue weighted by atomic mass is 16.5. The van der Waals surface area contributed by atoms with Crippen LogP contribution in [0, 0.1) is 0 Å². The number of esters is 1. The van der Waals surface area contributed by atoms with Crippen LogP contribution in [0.2, 0.25) is 0 Å². The molecule has 1 heterocycles. The Balaban J connectivity index is 2.27. The minimum atomic E-state index is -0.610. The predicted octanol–water partition coefficient (Wildman–Crippen LogP) is 0.928. The van der Waals surface area contributed by atoms with Crippen molar-refractivity contribution in [1.82, 2.24) is 9.97 Å². The number of benzene rings is 1. The van der Waals surface area contributed by atoms with E-state index in [-0.39, 0.29) is 18.1 Å². The molecule has 2 aromatic rings. The molecule has 0 radical (unpaired) electrons. The lowest BCUT2D eigenvalue weighted by Gasteiger charge is -2.06. The fourth-order valence-electron chi connectivity index (χ4n) is 1.81. The first-order valence-electron chi connectivity index (χ1n) is 6.02. The van der Waals surface area contributed by atoms with Crippen LogP contribution in [0.5, 0.6) is 0 Å². The first kappa shape index (κ1) is 14.0. The summed E-state index contributed by atoms with van der Waals surface area (Å²) in [5, 5.41) is 9.11. The van der Waals surface area contributed by atoms with Gasteiger partial charge in [-0.3, -0.25) is 0 Å². The van der Waals surface area contributed by atoms with Gasteiger partial charge in [-0.2, -0.15) is 0 Å². The van der Waals surface area contributed by atoms with E-state index in [1.165, 1.54) is 13.3 Å². The summed E-state index contributed by atoms with van der Waals surface area (Å²) in [6, 6.07) is 7.47. The number of nitrogens with zero attached hydrogens (tertiary/aromatic N) is 2. The predicted molar refractivity (Wildman–Crippen MR) is 73.0 cm³/mol. The Morgan fingerprint density at radius 2 is 2.15 bits per heavy atom. The van der Waals surface area contributed by atoms with Gasteiger partial charge in [0.1, 0.15) is 0 Å². The molecule has 0 amide bonds. The third-order valence-electron chi connectivity index (χ3n) is 2.79. The van der Waals surface area contributed by atoms with Gasteiger partial charge in [0.05, 0.1) is 25.6 Å². The first-order chi connectivity index (χ1) is 9.63. The maximum atomic E-state index is 11.5. The second kappa shape index (κ2) is 6.12. The van der Waals surface area contributed by atoms with Crippen molar-refractivity contribution in [3.8, 4) is 0 Å². The molecule has 1 aromatic carbocycles. The van der Waals surface area contributed by atoms with Crippen LogP contribution in [-0.2, 0) is 17.8 Å². The molecule has 6 heteroatoms. The van der Waals surface area contributed by atoms with E-state index in [0.29, 0.717) is 12.1 Å². The maximum absolute atomic E-state index is 11.5. The lowest BCUT2D eigenvalue weighted by molar-refractivity contribution is 0.0594. The lowest BCUT2D eigenvalue weighted by Crippen LogP contribution is -2.12. The summed E-state index contributed by atoms with van der Waals surface area (Å²) < 4.78 is 4.60. The van der Waals surface area contributed by atoms with Crippen molar-refractivity contribution >= 4 is 11.8 Å². The molecule has 0 aliphatic rings. The summed E-state index contributed by atoms with van der Waals surface area (Å²) in [4.78, 5) is 19.6. The van der Waals surface area contributed by atoms with E-state index in [1.807, 2.05) is 24.3 Å². The molecule has 3 N–H and O–H groups in total. The van der Waals surface area contributed by atoms with Gasteiger partial charge in [0.2, 0.25) is 0 Å². The van der Waals surface area contributed by atoms with Crippen molar-refractivity contribution < 1.29 is 14.6 Å². The van der Waals surface area contributed by atoms with E-state index >= 15 is 0 Å². The molecule has 6 nitrogen and oxygen atoms in total. The number of rotatable bonds is 4. The zero-order chi connectivity index (χ0) is 14.5. The SMILES string of the molecule is COC(=O)c1nc(Cc2cccc(CO)c2)cnc1N. The van der Waals surface area contributed by atoms with Crippen LogP contribution in [-0.4, -0.2) is 28.2 Å². The number of carbonyl (C=O) groups excluding carboxylic acids is 1. The van der Waals surface area contributed by atoms with Crippen LogP contribution >= 0.6 is 0 Å². The number of ether oxygens (including phenoxy) is 1. The summed E-state index contributed by atoms with van der Waals surface area (Å²) >= 11 is 0. The number of nitrogens with two attached hydrogens (primary N) is 1. The van der Waals surface area contributed by atoms with Gasteiger partial charge in [0.25, 0.3) is 0 Å². The summed E-state index contributed by atoms with van der Waals surface area (Å²) in [6.07, 6.45) is 2.01. The normalized spacial score (nSPS) is 10.3. The van der Waals surface area contributed by atoms with Gasteiger partial charge < -0.3 is 15.6 Å². The number of anilines is 1. The zero-order valence-electron chi connectivity index (χ0n) is 11.0. The Morgan fingerprint density at radius 3 is 2.85 bits per heavy atom. The third-order valence-corrected chi connectivity index (χ3v) is 2.79. The first-order valence-corrected chi connectivity index (χ1v) is 6.02. The second-order valence-corrected chi connectivity index (χ2v) is 4.24. The minimum Gasteiger partial charge on any atom is -0.464 e. The summed E-state index contributed by atoms with van der Waals surface area (Å²) in [5.41, 5.74) is 8.00. The van der Waals surface area contributed by atoms with Gasteiger partial charge in [-0.1, -0.05) is 24.3 Å². The molecular weight excluding hydrogens is 258 g/mol. The number of aliphatic hydroxyl groups excluding tert-OH is 1. The van der Waals surface area contributed by atoms with Gasteiger partial charge in [-0.25, -0.2) is 14.8 Å². The fraction of sp³-hybridized carbons (Fsp3) is 0.214. The molecule has 0 atom stereocenters. The van der Waals surface area contributed by atoms with Crippen molar-refractivity contribution in [3.05, 3.63) is 53.0 Å². The highest BCUT2D eigenvalue weighted by Gasteiger charge is 2.14. The van der Waals surface area contributed by atoms with Crippen LogP contribution in [0.4, 0.5) is 5.82 Å². The number of nitrogen functional groups attached to an aromatic ring is 1. The fourth-order valence-corrected chi connectivity index (χ4v) is 1.81. The number of aromatic nitrogens is 2. The average molecular weight is 273 g/mol. The average Bonchev–Trinajstić information content (AvgIpc) is 2.48.